The zero-order valence-corrected chi connectivity index (χ0v) is 17.1. The SMILES string of the molecule is O=C1c2ccc(C(=O)N3CCCc4ccccc43)cc2C(=O)N1CCc1ccccc1. The Bertz CT molecular complexity index is 1190. The first kappa shape index (κ1) is 19.2. The highest BCUT2D eigenvalue weighted by molar-refractivity contribution is 6.22. The van der Waals surface area contributed by atoms with E-state index in [2.05, 4.69) is 0 Å². The van der Waals surface area contributed by atoms with Crippen LogP contribution in [0.15, 0.2) is 72.8 Å². The predicted molar refractivity (Wildman–Crippen MR) is 118 cm³/mol. The van der Waals surface area contributed by atoms with Gasteiger partial charge in [0.1, 0.15) is 0 Å². The highest BCUT2D eigenvalue weighted by Crippen LogP contribution is 2.30. The average Bonchev–Trinajstić information content (AvgIpc) is 3.06. The second kappa shape index (κ2) is 7.84. The lowest BCUT2D eigenvalue weighted by atomic mass is 9.99. The van der Waals surface area contributed by atoms with Gasteiger partial charge in [-0.1, -0.05) is 48.5 Å². The van der Waals surface area contributed by atoms with Gasteiger partial charge < -0.3 is 4.90 Å². The summed E-state index contributed by atoms with van der Waals surface area (Å²) in [6, 6.07) is 22.5. The Balaban J connectivity index is 1.39. The summed E-state index contributed by atoms with van der Waals surface area (Å²) >= 11 is 0. The van der Waals surface area contributed by atoms with E-state index in [0.717, 1.165) is 29.7 Å². The van der Waals surface area contributed by atoms with E-state index in [-0.39, 0.29) is 17.7 Å². The van der Waals surface area contributed by atoms with Crippen molar-refractivity contribution in [1.29, 1.82) is 0 Å². The van der Waals surface area contributed by atoms with Gasteiger partial charge in [0.15, 0.2) is 0 Å². The first-order chi connectivity index (χ1) is 15.1. The zero-order chi connectivity index (χ0) is 21.4. The van der Waals surface area contributed by atoms with E-state index in [9.17, 15) is 14.4 Å². The monoisotopic (exact) mass is 410 g/mol. The summed E-state index contributed by atoms with van der Waals surface area (Å²) in [7, 11) is 0. The molecule has 0 spiro atoms. The van der Waals surface area contributed by atoms with Gasteiger partial charge in [0.2, 0.25) is 0 Å². The van der Waals surface area contributed by atoms with Crippen LogP contribution in [0.5, 0.6) is 0 Å². The first-order valence-corrected chi connectivity index (χ1v) is 10.6. The smallest absolute Gasteiger partial charge is 0.261 e. The number of carbonyl (C=O) groups is 3. The Morgan fingerprint density at radius 3 is 2.42 bits per heavy atom. The molecule has 5 nitrogen and oxygen atoms in total. The number of benzene rings is 3. The highest BCUT2D eigenvalue weighted by atomic mass is 16.2. The molecule has 0 radical (unpaired) electrons. The number of imide groups is 1. The van der Waals surface area contributed by atoms with Crippen LogP contribution in [-0.4, -0.2) is 35.7 Å². The number of rotatable bonds is 4. The Kier molecular flexibility index (Phi) is 4.86. The van der Waals surface area contributed by atoms with E-state index >= 15 is 0 Å². The zero-order valence-electron chi connectivity index (χ0n) is 17.1. The maximum Gasteiger partial charge on any atom is 0.261 e. The maximum atomic E-state index is 13.3. The van der Waals surface area contributed by atoms with Crippen molar-refractivity contribution in [2.45, 2.75) is 19.3 Å². The van der Waals surface area contributed by atoms with E-state index in [1.807, 2.05) is 54.6 Å². The van der Waals surface area contributed by atoms with Crippen molar-refractivity contribution in [2.24, 2.45) is 0 Å². The van der Waals surface area contributed by atoms with E-state index in [0.29, 0.717) is 36.2 Å². The molecule has 0 unspecified atom stereocenters. The first-order valence-electron chi connectivity index (χ1n) is 10.6. The Morgan fingerprint density at radius 2 is 1.58 bits per heavy atom. The lowest BCUT2D eigenvalue weighted by Crippen LogP contribution is -2.35. The van der Waals surface area contributed by atoms with Crippen molar-refractivity contribution < 1.29 is 14.4 Å². The van der Waals surface area contributed by atoms with Gasteiger partial charge in [0, 0.05) is 24.3 Å². The molecule has 3 aromatic rings. The van der Waals surface area contributed by atoms with Crippen molar-refractivity contribution in [3.05, 3.63) is 101 Å². The summed E-state index contributed by atoms with van der Waals surface area (Å²) in [4.78, 5) is 42.1. The number of carbonyl (C=O) groups excluding carboxylic acids is 3. The molecule has 5 rings (SSSR count). The van der Waals surface area contributed by atoms with Gasteiger partial charge in [-0.3, -0.25) is 19.3 Å². The van der Waals surface area contributed by atoms with Gasteiger partial charge in [-0.05, 0) is 54.7 Å². The molecule has 0 saturated heterocycles. The minimum Gasteiger partial charge on any atom is -0.308 e. The van der Waals surface area contributed by atoms with Crippen LogP contribution in [0.4, 0.5) is 5.69 Å². The van der Waals surface area contributed by atoms with Gasteiger partial charge >= 0.3 is 0 Å². The van der Waals surface area contributed by atoms with Crippen molar-refractivity contribution in [3.8, 4) is 0 Å². The molecule has 3 aromatic carbocycles. The third-order valence-corrected chi connectivity index (χ3v) is 6.04. The van der Waals surface area contributed by atoms with Crippen LogP contribution < -0.4 is 4.90 Å². The van der Waals surface area contributed by atoms with Crippen molar-refractivity contribution in [2.75, 3.05) is 18.0 Å². The fourth-order valence-corrected chi connectivity index (χ4v) is 4.41. The molecule has 0 saturated carbocycles. The molecule has 3 amide bonds. The molecular weight excluding hydrogens is 388 g/mol. The molecule has 0 aromatic heterocycles. The molecule has 0 bridgehead atoms. The lowest BCUT2D eigenvalue weighted by molar-refractivity contribution is 0.0656. The lowest BCUT2D eigenvalue weighted by Gasteiger charge is -2.29. The summed E-state index contributed by atoms with van der Waals surface area (Å²) in [5.74, 6) is -0.763. The van der Waals surface area contributed by atoms with Gasteiger partial charge in [0.25, 0.3) is 17.7 Å². The number of anilines is 1. The maximum absolute atomic E-state index is 13.3. The second-order valence-electron chi connectivity index (χ2n) is 7.95. The molecule has 2 heterocycles. The van der Waals surface area contributed by atoms with Crippen LogP contribution in [0.25, 0.3) is 0 Å². The van der Waals surface area contributed by atoms with E-state index in [4.69, 9.17) is 0 Å². The predicted octanol–water partition coefficient (Wildman–Crippen LogP) is 4.12. The minimum atomic E-state index is -0.329. The molecule has 0 atom stereocenters. The van der Waals surface area contributed by atoms with Crippen LogP contribution in [-0.2, 0) is 12.8 Å². The van der Waals surface area contributed by atoms with Crippen molar-refractivity contribution in [1.82, 2.24) is 4.90 Å². The standard InChI is InChI=1S/C26H22N2O3/c29-24(27-15-6-10-19-9-4-5-11-23(19)27)20-12-13-21-22(17-20)26(31)28(25(21)30)16-14-18-7-2-1-3-8-18/h1-5,7-9,11-13,17H,6,10,14-16H2. The molecule has 31 heavy (non-hydrogen) atoms. The molecule has 0 N–H and O–H groups in total. The van der Waals surface area contributed by atoms with Crippen molar-refractivity contribution in [3.63, 3.8) is 0 Å². The summed E-state index contributed by atoms with van der Waals surface area (Å²) in [6.07, 6.45) is 2.45. The van der Waals surface area contributed by atoms with E-state index in [1.165, 1.54) is 4.90 Å². The van der Waals surface area contributed by atoms with Gasteiger partial charge in [-0.15, -0.1) is 0 Å². The number of amides is 3. The summed E-state index contributed by atoms with van der Waals surface area (Å²) in [6.45, 7) is 0.960. The summed E-state index contributed by atoms with van der Waals surface area (Å²) in [5, 5.41) is 0. The molecular formula is C26H22N2O3. The topological polar surface area (TPSA) is 57.7 Å². The van der Waals surface area contributed by atoms with Crippen molar-refractivity contribution >= 4 is 23.4 Å². The number of hydrogen-bond acceptors (Lipinski definition) is 3. The van der Waals surface area contributed by atoms with Crippen LogP contribution in [0.2, 0.25) is 0 Å². The molecule has 154 valence electrons. The average molecular weight is 410 g/mol. The van der Waals surface area contributed by atoms with Gasteiger partial charge in [-0.25, -0.2) is 0 Å². The Labute approximate surface area is 180 Å². The Morgan fingerprint density at radius 1 is 0.839 bits per heavy atom. The minimum absolute atomic E-state index is 0.141. The second-order valence-corrected chi connectivity index (χ2v) is 7.95. The Hall–Kier alpha value is -3.73. The third-order valence-electron chi connectivity index (χ3n) is 6.04. The van der Waals surface area contributed by atoms with Crippen LogP contribution in [0.1, 0.15) is 48.6 Å². The third kappa shape index (κ3) is 3.42. The van der Waals surface area contributed by atoms with Gasteiger partial charge in [0.05, 0.1) is 11.1 Å². The highest BCUT2D eigenvalue weighted by Gasteiger charge is 2.36. The molecule has 2 aliphatic heterocycles. The molecule has 2 aliphatic rings. The number of para-hydroxylation sites is 1. The van der Waals surface area contributed by atoms with Gasteiger partial charge in [-0.2, -0.15) is 0 Å². The fraction of sp³-hybridized carbons (Fsp3) is 0.192. The largest absolute Gasteiger partial charge is 0.308 e. The number of hydrogen-bond donors (Lipinski definition) is 0. The van der Waals surface area contributed by atoms with E-state index in [1.54, 1.807) is 23.1 Å². The molecule has 5 heteroatoms. The summed E-state index contributed by atoms with van der Waals surface area (Å²) in [5.41, 5.74) is 4.26. The summed E-state index contributed by atoms with van der Waals surface area (Å²) < 4.78 is 0. The van der Waals surface area contributed by atoms with E-state index < -0.39 is 0 Å². The van der Waals surface area contributed by atoms with Crippen LogP contribution in [0, 0.1) is 0 Å². The fourth-order valence-electron chi connectivity index (χ4n) is 4.41. The quantitative estimate of drug-likeness (QED) is 0.608. The molecule has 0 fully saturated rings. The number of fused-ring (bicyclic) bond motifs is 2. The number of aryl methyl sites for hydroxylation is 1. The van der Waals surface area contributed by atoms with Crippen LogP contribution in [0.3, 0.4) is 0 Å². The van der Waals surface area contributed by atoms with Crippen LogP contribution >= 0.6 is 0 Å². The molecule has 0 aliphatic carbocycles. The number of nitrogens with zero attached hydrogens (tertiary/aromatic N) is 2. The normalized spacial score (nSPS) is 15.1.